The van der Waals surface area contributed by atoms with E-state index < -0.39 is 6.03 Å². The number of nitrogens with one attached hydrogen (secondary N) is 2. The molecule has 0 atom stereocenters. The van der Waals surface area contributed by atoms with Crippen molar-refractivity contribution in [2.45, 2.75) is 6.92 Å². The third kappa shape index (κ3) is 3.97. The van der Waals surface area contributed by atoms with Gasteiger partial charge in [0.2, 0.25) is 0 Å². The fraction of sp³-hybridized carbons (Fsp3) is 0.0667. The van der Waals surface area contributed by atoms with E-state index in [1.54, 1.807) is 42.5 Å². The summed E-state index contributed by atoms with van der Waals surface area (Å²) in [5.74, 6) is -0.0308. The first-order chi connectivity index (χ1) is 9.97. The van der Waals surface area contributed by atoms with E-state index in [0.29, 0.717) is 22.0 Å². The molecule has 0 heterocycles. The molecule has 108 valence electrons. The first-order valence-corrected chi connectivity index (χ1v) is 6.86. The monoisotopic (exact) mass is 322 g/mol. The zero-order valence-corrected chi connectivity index (χ0v) is 12.6. The van der Waals surface area contributed by atoms with Crippen molar-refractivity contribution in [3.63, 3.8) is 0 Å². The van der Waals surface area contributed by atoms with Gasteiger partial charge in [-0.2, -0.15) is 0 Å². The molecule has 2 amide bonds. The van der Waals surface area contributed by atoms with Crippen LogP contribution in [0, 0.1) is 0 Å². The van der Waals surface area contributed by atoms with Gasteiger partial charge in [0.25, 0.3) is 0 Å². The number of anilines is 2. The molecule has 0 aliphatic heterocycles. The summed E-state index contributed by atoms with van der Waals surface area (Å²) in [6, 6.07) is 11.1. The molecule has 0 bridgehead atoms. The molecule has 21 heavy (non-hydrogen) atoms. The number of rotatable bonds is 3. The minimum absolute atomic E-state index is 0.0308. The van der Waals surface area contributed by atoms with Crippen LogP contribution in [0.2, 0.25) is 10.0 Å². The highest BCUT2D eigenvalue weighted by atomic mass is 35.5. The minimum atomic E-state index is -0.449. The Morgan fingerprint density at radius 3 is 2.24 bits per heavy atom. The van der Waals surface area contributed by atoms with Crippen LogP contribution in [0.3, 0.4) is 0 Å². The zero-order chi connectivity index (χ0) is 15.4. The van der Waals surface area contributed by atoms with Crippen molar-refractivity contribution < 1.29 is 9.59 Å². The summed E-state index contributed by atoms with van der Waals surface area (Å²) in [4.78, 5) is 23.0. The Kier molecular flexibility index (Phi) is 4.83. The average Bonchev–Trinajstić information content (AvgIpc) is 2.44. The van der Waals surface area contributed by atoms with Gasteiger partial charge >= 0.3 is 6.03 Å². The third-order valence-electron chi connectivity index (χ3n) is 2.75. The van der Waals surface area contributed by atoms with Gasteiger partial charge in [-0.25, -0.2) is 4.79 Å². The lowest BCUT2D eigenvalue weighted by atomic mass is 10.1. The largest absolute Gasteiger partial charge is 0.323 e. The lowest BCUT2D eigenvalue weighted by Crippen LogP contribution is -2.19. The zero-order valence-electron chi connectivity index (χ0n) is 11.1. The Labute approximate surface area is 132 Å². The first kappa shape index (κ1) is 15.4. The number of carbonyl (C=O) groups is 2. The molecule has 0 saturated heterocycles. The van der Waals surface area contributed by atoms with Gasteiger partial charge in [0.1, 0.15) is 0 Å². The normalized spacial score (nSPS) is 10.0. The molecular weight excluding hydrogens is 311 g/mol. The highest BCUT2D eigenvalue weighted by Gasteiger charge is 2.08. The topological polar surface area (TPSA) is 58.2 Å². The summed E-state index contributed by atoms with van der Waals surface area (Å²) in [6.45, 7) is 1.48. The van der Waals surface area contributed by atoms with Crippen molar-refractivity contribution in [2.75, 3.05) is 10.6 Å². The predicted octanol–water partition coefficient (Wildman–Crippen LogP) is 4.84. The molecule has 0 fully saturated rings. The van der Waals surface area contributed by atoms with Crippen LogP contribution in [0.15, 0.2) is 42.5 Å². The summed E-state index contributed by atoms with van der Waals surface area (Å²) >= 11 is 11.9. The van der Waals surface area contributed by atoms with Crippen molar-refractivity contribution in [3.8, 4) is 0 Å². The van der Waals surface area contributed by atoms with Gasteiger partial charge < -0.3 is 10.6 Å². The number of urea groups is 1. The third-order valence-corrected chi connectivity index (χ3v) is 3.57. The smallest absolute Gasteiger partial charge is 0.308 e. The SMILES string of the molecule is CC(=O)c1ccc(NC(=O)Nc2cccc(Cl)c2Cl)cc1. The Balaban J connectivity index is 2.04. The number of benzene rings is 2. The first-order valence-electron chi connectivity index (χ1n) is 6.10. The second kappa shape index (κ2) is 6.61. The summed E-state index contributed by atoms with van der Waals surface area (Å²) in [7, 11) is 0. The van der Waals surface area contributed by atoms with E-state index in [0.717, 1.165) is 0 Å². The van der Waals surface area contributed by atoms with E-state index in [4.69, 9.17) is 23.2 Å². The molecule has 0 aliphatic rings. The second-order valence-electron chi connectivity index (χ2n) is 4.31. The molecule has 6 heteroatoms. The van der Waals surface area contributed by atoms with Crippen molar-refractivity contribution >= 4 is 46.4 Å². The number of hydrogen-bond donors (Lipinski definition) is 2. The number of amides is 2. The Bertz CT molecular complexity index is 685. The standard InChI is InChI=1S/C15H12Cl2N2O2/c1-9(20)10-5-7-11(8-6-10)18-15(21)19-13-4-2-3-12(16)14(13)17/h2-8H,1H3,(H2,18,19,21). The summed E-state index contributed by atoms with van der Waals surface area (Å²) in [5.41, 5.74) is 1.57. The van der Waals surface area contributed by atoms with E-state index in [9.17, 15) is 9.59 Å². The van der Waals surface area contributed by atoms with Crippen molar-refractivity contribution in [1.82, 2.24) is 0 Å². The highest BCUT2D eigenvalue weighted by Crippen LogP contribution is 2.29. The van der Waals surface area contributed by atoms with Crippen LogP contribution in [-0.4, -0.2) is 11.8 Å². The van der Waals surface area contributed by atoms with Gasteiger partial charge in [-0.1, -0.05) is 29.3 Å². The number of Topliss-reactive ketones (excluding diaryl/α,β-unsaturated/α-hetero) is 1. The molecule has 0 unspecified atom stereocenters. The highest BCUT2D eigenvalue weighted by molar-refractivity contribution is 6.44. The molecule has 0 saturated carbocycles. The fourth-order valence-corrected chi connectivity index (χ4v) is 2.02. The molecule has 2 aromatic carbocycles. The van der Waals surface area contributed by atoms with Gasteiger partial charge in [0.05, 0.1) is 15.7 Å². The lowest BCUT2D eigenvalue weighted by molar-refractivity contribution is 0.101. The minimum Gasteiger partial charge on any atom is -0.308 e. The van der Waals surface area contributed by atoms with Crippen molar-refractivity contribution in [3.05, 3.63) is 58.1 Å². The van der Waals surface area contributed by atoms with Crippen LogP contribution in [0.4, 0.5) is 16.2 Å². The Morgan fingerprint density at radius 1 is 0.952 bits per heavy atom. The van der Waals surface area contributed by atoms with Crippen LogP contribution < -0.4 is 10.6 Å². The van der Waals surface area contributed by atoms with Crippen LogP contribution in [-0.2, 0) is 0 Å². The quantitative estimate of drug-likeness (QED) is 0.794. The van der Waals surface area contributed by atoms with E-state index in [-0.39, 0.29) is 10.8 Å². The summed E-state index contributed by atoms with van der Waals surface area (Å²) < 4.78 is 0. The molecule has 0 aliphatic carbocycles. The van der Waals surface area contributed by atoms with Gasteiger partial charge in [-0.15, -0.1) is 0 Å². The van der Waals surface area contributed by atoms with Crippen LogP contribution in [0.5, 0.6) is 0 Å². The number of carbonyl (C=O) groups excluding carboxylic acids is 2. The molecular formula is C15H12Cl2N2O2. The van der Waals surface area contributed by atoms with E-state index in [1.807, 2.05) is 0 Å². The molecule has 2 aromatic rings. The number of halogens is 2. The van der Waals surface area contributed by atoms with Gasteiger partial charge in [-0.3, -0.25) is 4.79 Å². The lowest BCUT2D eigenvalue weighted by Gasteiger charge is -2.10. The Hall–Kier alpha value is -2.04. The second-order valence-corrected chi connectivity index (χ2v) is 5.10. The molecule has 0 radical (unpaired) electrons. The van der Waals surface area contributed by atoms with E-state index >= 15 is 0 Å². The van der Waals surface area contributed by atoms with Crippen molar-refractivity contribution in [2.24, 2.45) is 0 Å². The molecule has 4 nitrogen and oxygen atoms in total. The van der Waals surface area contributed by atoms with Crippen LogP contribution >= 0.6 is 23.2 Å². The van der Waals surface area contributed by atoms with Gasteiger partial charge in [0, 0.05) is 11.3 Å². The predicted molar refractivity (Wildman–Crippen MR) is 85.5 cm³/mol. The summed E-state index contributed by atoms with van der Waals surface area (Å²) in [5, 5.41) is 5.88. The maximum atomic E-state index is 11.9. The van der Waals surface area contributed by atoms with E-state index in [1.165, 1.54) is 6.92 Å². The van der Waals surface area contributed by atoms with Crippen LogP contribution in [0.25, 0.3) is 0 Å². The molecule has 2 N–H and O–H groups in total. The Morgan fingerprint density at radius 2 is 1.62 bits per heavy atom. The number of ketones is 1. The maximum absolute atomic E-state index is 11.9. The number of hydrogen-bond acceptors (Lipinski definition) is 2. The average molecular weight is 323 g/mol. The molecule has 0 aromatic heterocycles. The van der Waals surface area contributed by atoms with Gasteiger partial charge in [0.15, 0.2) is 5.78 Å². The summed E-state index contributed by atoms with van der Waals surface area (Å²) in [6.07, 6.45) is 0. The fourth-order valence-electron chi connectivity index (χ4n) is 1.67. The van der Waals surface area contributed by atoms with Crippen molar-refractivity contribution in [1.29, 1.82) is 0 Å². The van der Waals surface area contributed by atoms with E-state index in [2.05, 4.69) is 10.6 Å². The van der Waals surface area contributed by atoms with Gasteiger partial charge in [-0.05, 0) is 43.3 Å². The molecule has 0 spiro atoms. The van der Waals surface area contributed by atoms with Crippen LogP contribution in [0.1, 0.15) is 17.3 Å². The maximum Gasteiger partial charge on any atom is 0.323 e. The molecule has 2 rings (SSSR count).